The molecule has 0 atom stereocenters. The number of carbonyl (C=O) groups is 1. The van der Waals surface area contributed by atoms with E-state index in [9.17, 15) is 4.79 Å². The summed E-state index contributed by atoms with van der Waals surface area (Å²) < 4.78 is 63.2. The van der Waals surface area contributed by atoms with E-state index in [0.717, 1.165) is 19.4 Å². The topological polar surface area (TPSA) is 178 Å². The first kappa shape index (κ1) is 17.6. The maximum Gasteiger partial charge on any atom is 0.394 e. The molecular weight excluding hydrogens is 270 g/mol. The van der Waals surface area contributed by atoms with Gasteiger partial charge in [-0.3, -0.25) is 23.0 Å². The van der Waals surface area contributed by atoms with E-state index in [1.54, 1.807) is 0 Å². The summed E-state index contributed by atoms with van der Waals surface area (Å²) in [6, 6.07) is 0. The third-order valence-corrected chi connectivity index (χ3v) is 0.903. The minimum atomic E-state index is -4.67. The van der Waals surface area contributed by atoms with Crippen molar-refractivity contribution in [2.24, 2.45) is 0 Å². The third-order valence-electron chi connectivity index (χ3n) is 0.903. The van der Waals surface area contributed by atoms with Crippen LogP contribution in [0.2, 0.25) is 0 Å². The lowest BCUT2D eigenvalue weighted by molar-refractivity contribution is -0.119. The van der Waals surface area contributed by atoms with Gasteiger partial charge in [-0.25, -0.2) is 0 Å². The molecule has 98 valence electrons. The van der Waals surface area contributed by atoms with Crippen LogP contribution in [0.25, 0.3) is 0 Å². The average molecular weight is 281 g/mol. The molecule has 0 aliphatic carbocycles. The fourth-order valence-electron chi connectivity index (χ4n) is 0.565. The van der Waals surface area contributed by atoms with Gasteiger partial charge in [0.2, 0.25) is 5.91 Å². The fourth-order valence-corrected chi connectivity index (χ4v) is 0.565. The summed E-state index contributed by atoms with van der Waals surface area (Å²) in [7, 11) is -9.33. The van der Waals surface area contributed by atoms with Gasteiger partial charge in [-0.2, -0.15) is 16.8 Å². The van der Waals surface area contributed by atoms with Crippen LogP contribution in [0.15, 0.2) is 0 Å². The highest BCUT2D eigenvalue weighted by molar-refractivity contribution is 7.80. The Balaban J connectivity index is 0. The van der Waals surface area contributed by atoms with Crippen LogP contribution in [0.4, 0.5) is 0 Å². The van der Waals surface area contributed by atoms with Crippen LogP contribution in [0.1, 0.15) is 12.8 Å². The Morgan fingerprint density at radius 1 is 0.938 bits per heavy atom. The van der Waals surface area contributed by atoms with Gasteiger partial charge in [0, 0.05) is 13.0 Å². The predicted molar refractivity (Wildman–Crippen MR) is 50.6 cm³/mol. The van der Waals surface area contributed by atoms with Crippen molar-refractivity contribution < 1.29 is 39.8 Å². The van der Waals surface area contributed by atoms with E-state index in [1.165, 1.54) is 0 Å². The van der Waals surface area contributed by atoms with Crippen LogP contribution < -0.4 is 5.32 Å². The maximum absolute atomic E-state index is 10.1. The molecule has 0 radical (unpaired) electrons. The zero-order valence-corrected chi connectivity index (χ0v) is 9.40. The molecular formula is C4H11NO9S2. The number of rotatable bonds is 0. The van der Waals surface area contributed by atoms with Crippen molar-refractivity contribution in [1.82, 2.24) is 5.32 Å². The highest BCUT2D eigenvalue weighted by atomic mass is 32.3. The number of nitrogens with one attached hydrogen (secondary N) is 1. The van der Waals surface area contributed by atoms with Crippen LogP contribution >= 0.6 is 0 Å². The molecule has 1 heterocycles. The molecule has 16 heavy (non-hydrogen) atoms. The van der Waals surface area contributed by atoms with E-state index in [1.807, 2.05) is 0 Å². The number of hydrogen-bond acceptors (Lipinski definition) is 5. The van der Waals surface area contributed by atoms with Crippen LogP contribution in [-0.4, -0.2) is 47.5 Å². The Morgan fingerprint density at radius 3 is 1.31 bits per heavy atom. The summed E-state index contributed by atoms with van der Waals surface area (Å²) >= 11 is 0. The molecule has 1 aliphatic heterocycles. The van der Waals surface area contributed by atoms with Crippen LogP contribution in [0.5, 0.6) is 0 Å². The van der Waals surface area contributed by atoms with E-state index in [2.05, 4.69) is 5.32 Å². The fraction of sp³-hybridized carbons (Fsp3) is 0.750. The first-order valence-corrected chi connectivity index (χ1v) is 6.35. The van der Waals surface area contributed by atoms with E-state index >= 15 is 0 Å². The molecule has 1 fully saturated rings. The Bertz CT molecular complexity index is 341. The van der Waals surface area contributed by atoms with Gasteiger partial charge in [0.15, 0.2) is 0 Å². The van der Waals surface area contributed by atoms with Crippen molar-refractivity contribution in [3.63, 3.8) is 0 Å². The van der Waals surface area contributed by atoms with Gasteiger partial charge in [0.25, 0.3) is 0 Å². The standard InChI is InChI=1S/C4H7NO.2H2O4S/c6-4-2-1-3-5-4;2*1-5(2,3)4/h1-3H2,(H,5,6);2*(H2,1,2,3,4). The Morgan fingerprint density at radius 2 is 1.25 bits per heavy atom. The second-order valence-electron chi connectivity index (χ2n) is 2.35. The molecule has 10 nitrogen and oxygen atoms in total. The Hall–Kier alpha value is -0.790. The lowest BCUT2D eigenvalue weighted by Gasteiger charge is -1.80. The Labute approximate surface area is 91.8 Å². The molecule has 0 unspecified atom stereocenters. The second-order valence-corrected chi connectivity index (χ2v) is 4.14. The molecule has 0 aromatic rings. The zero-order chi connectivity index (χ0) is 13.4. The number of amides is 1. The first-order chi connectivity index (χ1) is 6.89. The van der Waals surface area contributed by atoms with Crippen LogP contribution in [0.3, 0.4) is 0 Å². The largest absolute Gasteiger partial charge is 0.394 e. The van der Waals surface area contributed by atoms with Gasteiger partial charge in [0.1, 0.15) is 0 Å². The van der Waals surface area contributed by atoms with Gasteiger partial charge in [-0.15, -0.1) is 0 Å². The molecule has 12 heteroatoms. The average Bonchev–Trinajstić information content (AvgIpc) is 2.30. The van der Waals surface area contributed by atoms with Crippen molar-refractivity contribution in [2.75, 3.05) is 6.54 Å². The summed E-state index contributed by atoms with van der Waals surface area (Å²) in [5.74, 6) is 0.204. The van der Waals surface area contributed by atoms with Gasteiger partial charge >= 0.3 is 20.8 Å². The van der Waals surface area contributed by atoms with Gasteiger partial charge < -0.3 is 5.32 Å². The van der Waals surface area contributed by atoms with Crippen LogP contribution in [-0.2, 0) is 25.6 Å². The van der Waals surface area contributed by atoms with Crippen molar-refractivity contribution in [3.8, 4) is 0 Å². The normalized spacial score (nSPS) is 15.1. The zero-order valence-electron chi connectivity index (χ0n) is 7.77. The Kier molecular flexibility index (Phi) is 8.23. The quantitative estimate of drug-likeness (QED) is 0.333. The van der Waals surface area contributed by atoms with E-state index in [0.29, 0.717) is 0 Å². The van der Waals surface area contributed by atoms with Gasteiger partial charge in [-0.1, -0.05) is 0 Å². The molecule has 5 N–H and O–H groups in total. The molecule has 0 bridgehead atoms. The molecule has 1 saturated heterocycles. The number of hydrogen-bond donors (Lipinski definition) is 5. The molecule has 0 saturated carbocycles. The summed E-state index contributed by atoms with van der Waals surface area (Å²) in [5.41, 5.74) is 0. The summed E-state index contributed by atoms with van der Waals surface area (Å²) in [5, 5.41) is 2.68. The van der Waals surface area contributed by atoms with Crippen molar-refractivity contribution >= 4 is 26.7 Å². The maximum atomic E-state index is 10.1. The lowest BCUT2D eigenvalue weighted by atomic mass is 10.4. The molecule has 1 rings (SSSR count). The monoisotopic (exact) mass is 281 g/mol. The number of carbonyl (C=O) groups excluding carboxylic acids is 1. The van der Waals surface area contributed by atoms with Gasteiger partial charge in [-0.05, 0) is 6.42 Å². The SMILES string of the molecule is O=C1CCCN1.O=S(=O)(O)O.O=S(=O)(O)O. The van der Waals surface area contributed by atoms with Crippen molar-refractivity contribution in [1.29, 1.82) is 0 Å². The van der Waals surface area contributed by atoms with Crippen LogP contribution in [0, 0.1) is 0 Å². The molecule has 1 amide bonds. The molecule has 0 aromatic carbocycles. The molecule has 0 aromatic heterocycles. The van der Waals surface area contributed by atoms with Crippen molar-refractivity contribution in [2.45, 2.75) is 12.8 Å². The highest BCUT2D eigenvalue weighted by Crippen LogP contribution is 1.93. The summed E-state index contributed by atoms with van der Waals surface area (Å²) in [6.45, 7) is 0.888. The predicted octanol–water partition coefficient (Wildman–Crippen LogP) is -1.41. The summed E-state index contributed by atoms with van der Waals surface area (Å²) in [4.78, 5) is 10.1. The lowest BCUT2D eigenvalue weighted by Crippen LogP contribution is -2.12. The van der Waals surface area contributed by atoms with Crippen molar-refractivity contribution in [3.05, 3.63) is 0 Å². The van der Waals surface area contributed by atoms with Gasteiger partial charge in [0.05, 0.1) is 0 Å². The van der Waals surface area contributed by atoms with E-state index < -0.39 is 20.8 Å². The summed E-state index contributed by atoms with van der Waals surface area (Å²) in [6.07, 6.45) is 1.76. The smallest absolute Gasteiger partial charge is 0.356 e. The highest BCUT2D eigenvalue weighted by Gasteiger charge is 2.05. The molecule has 0 spiro atoms. The minimum Gasteiger partial charge on any atom is -0.356 e. The second kappa shape index (κ2) is 7.48. The third kappa shape index (κ3) is 51.1. The molecule has 1 aliphatic rings. The van der Waals surface area contributed by atoms with E-state index in [4.69, 9.17) is 35.0 Å². The first-order valence-electron chi connectivity index (χ1n) is 3.56. The minimum absolute atomic E-state index is 0.204. The van der Waals surface area contributed by atoms with E-state index in [-0.39, 0.29) is 5.91 Å².